The number of carbonyl (C=O) groups is 2. The third-order valence-corrected chi connectivity index (χ3v) is 6.27. The van der Waals surface area contributed by atoms with E-state index in [-0.39, 0.29) is 5.57 Å². The van der Waals surface area contributed by atoms with Gasteiger partial charge in [0.25, 0.3) is 0 Å². The number of ether oxygens (including phenoxy) is 2. The van der Waals surface area contributed by atoms with Crippen molar-refractivity contribution < 1.29 is 19.1 Å². The lowest BCUT2D eigenvalue weighted by Gasteiger charge is -2.32. The van der Waals surface area contributed by atoms with Crippen molar-refractivity contribution in [3.8, 4) is 0 Å². The third kappa shape index (κ3) is 3.80. The molecular weight excluding hydrogens is 488 g/mol. The largest absolute Gasteiger partial charge is 0.466 e. The molecule has 0 N–H and O–H groups in total. The highest BCUT2D eigenvalue weighted by Crippen LogP contribution is 2.45. The van der Waals surface area contributed by atoms with E-state index in [0.29, 0.717) is 10.7 Å². The van der Waals surface area contributed by atoms with E-state index in [4.69, 9.17) is 9.47 Å². The predicted molar refractivity (Wildman–Crippen MR) is 115 cm³/mol. The lowest BCUT2D eigenvalue weighted by molar-refractivity contribution is -0.138. The smallest absolute Gasteiger partial charge is 0.334 e. The monoisotopic (exact) mass is 506 g/mol. The standard InChI is InChI=1S/C22H20Br2O4/c1-27-19(25)10-18(22(26)28-2)21-16-6-4-3-5-13(16)9-17-14(11-23)7-8-15(12-24)20(17)21/h3-8,10,21H,9,11-12H2,1-2H3/b18-10-. The molecule has 1 aliphatic carbocycles. The van der Waals surface area contributed by atoms with Crippen LogP contribution in [-0.4, -0.2) is 26.2 Å². The highest BCUT2D eigenvalue weighted by atomic mass is 79.9. The summed E-state index contributed by atoms with van der Waals surface area (Å²) >= 11 is 7.16. The summed E-state index contributed by atoms with van der Waals surface area (Å²) in [7, 11) is 2.62. The van der Waals surface area contributed by atoms with Crippen LogP contribution in [0.1, 0.15) is 39.3 Å². The molecule has 4 nitrogen and oxygen atoms in total. The summed E-state index contributed by atoms with van der Waals surface area (Å²) in [5.74, 6) is -1.53. The molecule has 2 aromatic rings. The molecule has 3 rings (SSSR count). The molecule has 6 heteroatoms. The van der Waals surface area contributed by atoms with Crippen LogP contribution < -0.4 is 0 Å². The maximum Gasteiger partial charge on any atom is 0.334 e. The summed E-state index contributed by atoms with van der Waals surface area (Å²) in [6.45, 7) is 0. The number of esters is 2. The fourth-order valence-corrected chi connectivity index (χ4v) is 4.79. The lowest BCUT2D eigenvalue weighted by Crippen LogP contribution is -2.24. The summed E-state index contributed by atoms with van der Waals surface area (Å²) in [5.41, 5.74) is 6.89. The number of hydrogen-bond donors (Lipinski definition) is 0. The molecule has 0 aliphatic heterocycles. The number of benzene rings is 2. The van der Waals surface area contributed by atoms with Gasteiger partial charge >= 0.3 is 11.9 Å². The quantitative estimate of drug-likeness (QED) is 0.332. The topological polar surface area (TPSA) is 52.6 Å². The van der Waals surface area contributed by atoms with Crippen molar-refractivity contribution >= 4 is 43.8 Å². The zero-order chi connectivity index (χ0) is 20.3. The van der Waals surface area contributed by atoms with Gasteiger partial charge in [-0.15, -0.1) is 0 Å². The molecule has 0 fully saturated rings. The van der Waals surface area contributed by atoms with Gasteiger partial charge in [0.05, 0.1) is 19.8 Å². The summed E-state index contributed by atoms with van der Waals surface area (Å²) < 4.78 is 9.84. The Bertz CT molecular complexity index is 950. The van der Waals surface area contributed by atoms with Crippen molar-refractivity contribution in [1.29, 1.82) is 0 Å². The molecule has 146 valence electrons. The molecule has 0 aromatic heterocycles. The number of methoxy groups -OCH3 is 2. The molecule has 0 heterocycles. The van der Waals surface area contributed by atoms with Gasteiger partial charge in [-0.05, 0) is 39.8 Å². The molecule has 1 atom stereocenters. The zero-order valence-electron chi connectivity index (χ0n) is 15.6. The number of rotatable bonds is 5. The minimum Gasteiger partial charge on any atom is -0.466 e. The van der Waals surface area contributed by atoms with E-state index < -0.39 is 17.9 Å². The molecule has 0 saturated carbocycles. The lowest BCUT2D eigenvalue weighted by atomic mass is 9.72. The van der Waals surface area contributed by atoms with E-state index in [0.717, 1.165) is 28.7 Å². The first-order valence-electron chi connectivity index (χ1n) is 8.76. The van der Waals surface area contributed by atoms with Gasteiger partial charge < -0.3 is 9.47 Å². The molecule has 0 amide bonds. The molecule has 1 aliphatic rings. The summed E-state index contributed by atoms with van der Waals surface area (Å²) in [6, 6.07) is 12.2. The Morgan fingerprint density at radius 1 is 1.04 bits per heavy atom. The van der Waals surface area contributed by atoms with Gasteiger partial charge in [0.15, 0.2) is 0 Å². The van der Waals surface area contributed by atoms with Gasteiger partial charge in [-0.3, -0.25) is 0 Å². The Balaban J connectivity index is 2.35. The summed E-state index contributed by atoms with van der Waals surface area (Å²) in [4.78, 5) is 24.8. The fraction of sp³-hybridized carbons (Fsp3) is 0.273. The van der Waals surface area contributed by atoms with E-state index in [1.807, 2.05) is 18.2 Å². The number of hydrogen-bond acceptors (Lipinski definition) is 4. The molecule has 0 radical (unpaired) electrons. The minimum atomic E-state index is -0.581. The molecule has 2 aromatic carbocycles. The van der Waals surface area contributed by atoms with Crippen molar-refractivity contribution in [2.45, 2.75) is 23.0 Å². The van der Waals surface area contributed by atoms with Crippen molar-refractivity contribution in [1.82, 2.24) is 0 Å². The third-order valence-electron chi connectivity index (χ3n) is 5.06. The van der Waals surface area contributed by atoms with Gasteiger partial charge in [0, 0.05) is 22.7 Å². The molecular formula is C22H20Br2O4. The van der Waals surface area contributed by atoms with E-state index in [2.05, 4.69) is 50.1 Å². The number of fused-ring (bicyclic) bond motifs is 2. The Labute approximate surface area is 181 Å². The van der Waals surface area contributed by atoms with Crippen LogP contribution in [0.2, 0.25) is 0 Å². The second kappa shape index (κ2) is 9.05. The summed E-state index contributed by atoms with van der Waals surface area (Å²) in [5, 5.41) is 1.35. The van der Waals surface area contributed by atoms with E-state index in [9.17, 15) is 9.59 Å². The van der Waals surface area contributed by atoms with Gasteiger partial charge in [0.2, 0.25) is 0 Å². The summed E-state index contributed by atoms with van der Waals surface area (Å²) in [6.07, 6.45) is 2.03. The predicted octanol–water partition coefficient (Wildman–Crippen LogP) is 4.78. The first-order valence-corrected chi connectivity index (χ1v) is 11.0. The second-order valence-corrected chi connectivity index (χ2v) is 7.59. The van der Waals surface area contributed by atoms with Gasteiger partial charge in [-0.2, -0.15) is 0 Å². The van der Waals surface area contributed by atoms with Crippen LogP contribution in [-0.2, 0) is 36.1 Å². The van der Waals surface area contributed by atoms with Crippen LogP contribution in [0, 0.1) is 0 Å². The minimum absolute atomic E-state index is 0.275. The average molecular weight is 508 g/mol. The van der Waals surface area contributed by atoms with Crippen molar-refractivity contribution in [2.24, 2.45) is 0 Å². The SMILES string of the molecule is COC(=O)/C=C(\C(=O)OC)C1c2ccccc2Cc2c(CBr)ccc(CBr)c21. The first-order chi connectivity index (χ1) is 13.5. The van der Waals surface area contributed by atoms with Gasteiger partial charge in [-0.25, -0.2) is 9.59 Å². The van der Waals surface area contributed by atoms with Crippen molar-refractivity contribution in [3.63, 3.8) is 0 Å². The van der Waals surface area contributed by atoms with Crippen molar-refractivity contribution in [2.75, 3.05) is 14.2 Å². The Morgan fingerprint density at radius 2 is 1.71 bits per heavy atom. The molecule has 0 saturated heterocycles. The molecule has 1 unspecified atom stereocenters. The van der Waals surface area contributed by atoms with Gasteiger partial charge in [0.1, 0.15) is 0 Å². The van der Waals surface area contributed by atoms with Crippen LogP contribution in [0.3, 0.4) is 0 Å². The highest BCUT2D eigenvalue weighted by Gasteiger charge is 2.35. The number of halogens is 2. The first kappa shape index (κ1) is 20.8. The average Bonchev–Trinajstić information content (AvgIpc) is 2.74. The van der Waals surface area contributed by atoms with Crippen molar-refractivity contribution in [3.05, 3.63) is 81.4 Å². The Morgan fingerprint density at radius 3 is 2.36 bits per heavy atom. The van der Waals surface area contributed by atoms with Gasteiger partial charge in [-0.1, -0.05) is 68.3 Å². The number of alkyl halides is 2. The maximum atomic E-state index is 12.7. The molecule has 0 bridgehead atoms. The van der Waals surface area contributed by atoms with Crippen LogP contribution in [0.4, 0.5) is 0 Å². The van der Waals surface area contributed by atoms with E-state index >= 15 is 0 Å². The number of carbonyl (C=O) groups excluding carboxylic acids is 2. The fourth-order valence-electron chi connectivity index (χ4n) is 3.78. The van der Waals surface area contributed by atoms with E-state index in [1.54, 1.807) is 0 Å². The second-order valence-electron chi connectivity index (χ2n) is 6.47. The Kier molecular flexibility index (Phi) is 6.73. The normalized spacial score (nSPS) is 15.4. The Hall–Kier alpha value is -1.92. The maximum absolute atomic E-state index is 12.7. The van der Waals surface area contributed by atoms with Crippen LogP contribution in [0.25, 0.3) is 0 Å². The van der Waals surface area contributed by atoms with Crippen LogP contribution in [0.15, 0.2) is 48.0 Å². The van der Waals surface area contributed by atoms with E-state index in [1.165, 1.54) is 31.4 Å². The zero-order valence-corrected chi connectivity index (χ0v) is 18.8. The molecule has 28 heavy (non-hydrogen) atoms. The highest BCUT2D eigenvalue weighted by molar-refractivity contribution is 9.08. The van der Waals surface area contributed by atoms with Crippen LogP contribution >= 0.6 is 31.9 Å². The van der Waals surface area contributed by atoms with Crippen LogP contribution in [0.5, 0.6) is 0 Å². The molecule has 0 spiro atoms.